The Labute approximate surface area is 85.6 Å². The molecule has 0 atom stereocenters. The van der Waals surface area contributed by atoms with Crippen molar-refractivity contribution in [2.45, 2.75) is 0 Å². The third-order valence-corrected chi connectivity index (χ3v) is 2.02. The van der Waals surface area contributed by atoms with E-state index in [1.807, 2.05) is 18.2 Å². The lowest BCUT2D eigenvalue weighted by Crippen LogP contribution is -1.99. The van der Waals surface area contributed by atoms with Crippen LogP contribution in [0.4, 0.5) is 0 Å². The van der Waals surface area contributed by atoms with Gasteiger partial charge in [0.05, 0.1) is 5.71 Å². The van der Waals surface area contributed by atoms with Crippen LogP contribution < -0.4 is 0 Å². The molecule has 1 aliphatic rings. The lowest BCUT2D eigenvalue weighted by atomic mass is 10.1. The standard InChI is InChI=1S/C9H9IN2/c1-7-5-8(10)3-4-9(7)12-6-11-2/h3-6H,1H2,2H3/b11-6-,12-9-. The summed E-state index contributed by atoms with van der Waals surface area (Å²) in [6.07, 6.45) is 7.45. The molecule has 0 aromatic carbocycles. The number of hydrogen-bond donors (Lipinski definition) is 0. The first-order valence-electron chi connectivity index (χ1n) is 3.47. The van der Waals surface area contributed by atoms with Crippen LogP contribution in [0.25, 0.3) is 0 Å². The quantitative estimate of drug-likeness (QED) is 0.398. The van der Waals surface area contributed by atoms with Gasteiger partial charge in [-0.3, -0.25) is 4.99 Å². The van der Waals surface area contributed by atoms with E-state index in [0.717, 1.165) is 11.3 Å². The monoisotopic (exact) mass is 272 g/mol. The van der Waals surface area contributed by atoms with Gasteiger partial charge in [-0.25, -0.2) is 4.99 Å². The van der Waals surface area contributed by atoms with Crippen LogP contribution in [0.2, 0.25) is 0 Å². The summed E-state index contributed by atoms with van der Waals surface area (Å²) in [7, 11) is 1.69. The molecule has 0 unspecified atom stereocenters. The summed E-state index contributed by atoms with van der Waals surface area (Å²) in [6.45, 7) is 3.87. The second-order valence-electron chi connectivity index (χ2n) is 2.28. The van der Waals surface area contributed by atoms with Crippen molar-refractivity contribution in [3.8, 4) is 0 Å². The van der Waals surface area contributed by atoms with Gasteiger partial charge < -0.3 is 0 Å². The maximum atomic E-state index is 4.11. The number of halogens is 1. The summed E-state index contributed by atoms with van der Waals surface area (Å²) < 4.78 is 1.17. The fraction of sp³-hybridized carbons (Fsp3) is 0.111. The number of allylic oxidation sites excluding steroid dienone is 5. The molecule has 2 nitrogen and oxygen atoms in total. The molecule has 0 heterocycles. The van der Waals surface area contributed by atoms with Crippen molar-refractivity contribution in [2.24, 2.45) is 9.98 Å². The number of hydrogen-bond acceptors (Lipinski definition) is 1. The number of aliphatic imine (C=N–C) groups is 2. The molecule has 0 saturated heterocycles. The minimum absolute atomic E-state index is 0.876. The third-order valence-electron chi connectivity index (χ3n) is 1.35. The van der Waals surface area contributed by atoms with Gasteiger partial charge in [0.25, 0.3) is 0 Å². The van der Waals surface area contributed by atoms with Crippen molar-refractivity contribution in [3.05, 3.63) is 34.0 Å². The lowest BCUT2D eigenvalue weighted by Gasteiger charge is -2.04. The van der Waals surface area contributed by atoms with Crippen LogP contribution in [0.1, 0.15) is 0 Å². The van der Waals surface area contributed by atoms with Crippen LogP contribution in [0, 0.1) is 0 Å². The van der Waals surface area contributed by atoms with Gasteiger partial charge in [-0.15, -0.1) is 0 Å². The molecule has 0 radical (unpaired) electrons. The van der Waals surface area contributed by atoms with Crippen LogP contribution in [0.3, 0.4) is 0 Å². The normalized spacial score (nSPS) is 20.7. The summed E-state index contributed by atoms with van der Waals surface area (Å²) in [6, 6.07) is 0. The lowest BCUT2D eigenvalue weighted by molar-refractivity contribution is 1.44. The number of nitrogens with zero attached hydrogens (tertiary/aromatic N) is 2. The molecule has 62 valence electrons. The molecular weight excluding hydrogens is 263 g/mol. The SMILES string of the molecule is C=C1C=C(I)C=C/C1=N/C=N\C. The molecule has 0 spiro atoms. The molecule has 0 fully saturated rings. The van der Waals surface area contributed by atoms with E-state index in [0.29, 0.717) is 0 Å². The van der Waals surface area contributed by atoms with Gasteiger partial charge in [0.15, 0.2) is 0 Å². The zero-order valence-electron chi connectivity index (χ0n) is 6.79. The minimum Gasteiger partial charge on any atom is -0.277 e. The molecule has 12 heavy (non-hydrogen) atoms. The van der Waals surface area contributed by atoms with Gasteiger partial charge in [-0.05, 0) is 46.4 Å². The Hall–Kier alpha value is -0.710. The van der Waals surface area contributed by atoms with Crippen molar-refractivity contribution in [2.75, 3.05) is 7.05 Å². The van der Waals surface area contributed by atoms with E-state index in [4.69, 9.17) is 0 Å². The fourth-order valence-electron chi connectivity index (χ4n) is 0.800. The molecule has 0 N–H and O–H groups in total. The van der Waals surface area contributed by atoms with Gasteiger partial charge in [0.2, 0.25) is 0 Å². The summed E-state index contributed by atoms with van der Waals surface area (Å²) in [4.78, 5) is 7.88. The molecular formula is C9H9IN2. The van der Waals surface area contributed by atoms with Crippen LogP contribution in [-0.2, 0) is 0 Å². The molecule has 1 aliphatic carbocycles. The van der Waals surface area contributed by atoms with Gasteiger partial charge in [0, 0.05) is 10.6 Å². The van der Waals surface area contributed by atoms with Gasteiger partial charge in [-0.1, -0.05) is 6.58 Å². The van der Waals surface area contributed by atoms with E-state index in [9.17, 15) is 0 Å². The highest BCUT2D eigenvalue weighted by Crippen LogP contribution is 2.17. The fourth-order valence-corrected chi connectivity index (χ4v) is 1.36. The van der Waals surface area contributed by atoms with E-state index in [-0.39, 0.29) is 0 Å². The maximum absolute atomic E-state index is 4.11. The van der Waals surface area contributed by atoms with E-state index in [2.05, 4.69) is 39.2 Å². The van der Waals surface area contributed by atoms with Gasteiger partial charge in [-0.2, -0.15) is 0 Å². The van der Waals surface area contributed by atoms with E-state index in [1.54, 1.807) is 7.05 Å². The van der Waals surface area contributed by atoms with Crippen molar-refractivity contribution >= 4 is 34.6 Å². The smallest absolute Gasteiger partial charge is 0.110 e. The van der Waals surface area contributed by atoms with Crippen molar-refractivity contribution in [3.63, 3.8) is 0 Å². The van der Waals surface area contributed by atoms with Gasteiger partial charge >= 0.3 is 0 Å². The van der Waals surface area contributed by atoms with E-state index < -0.39 is 0 Å². The van der Waals surface area contributed by atoms with Crippen molar-refractivity contribution < 1.29 is 0 Å². The molecule has 3 heteroatoms. The summed E-state index contributed by atoms with van der Waals surface area (Å²) >= 11 is 2.24. The first-order chi connectivity index (χ1) is 5.74. The average Bonchev–Trinajstić information content (AvgIpc) is 2.03. The van der Waals surface area contributed by atoms with Gasteiger partial charge in [0.1, 0.15) is 6.34 Å². The first-order valence-corrected chi connectivity index (χ1v) is 4.55. The predicted molar refractivity (Wildman–Crippen MR) is 62.2 cm³/mol. The van der Waals surface area contributed by atoms with Crippen LogP contribution in [0.15, 0.2) is 43.9 Å². The van der Waals surface area contributed by atoms with E-state index in [1.165, 1.54) is 9.92 Å². The second kappa shape index (κ2) is 4.35. The van der Waals surface area contributed by atoms with Crippen molar-refractivity contribution in [1.29, 1.82) is 0 Å². The van der Waals surface area contributed by atoms with Crippen molar-refractivity contribution in [1.82, 2.24) is 0 Å². The highest BCUT2D eigenvalue weighted by molar-refractivity contribution is 14.1. The molecule has 0 aromatic heterocycles. The largest absolute Gasteiger partial charge is 0.277 e. The average molecular weight is 272 g/mol. The maximum Gasteiger partial charge on any atom is 0.110 e. The Bertz CT molecular complexity index is 308. The highest BCUT2D eigenvalue weighted by Gasteiger charge is 2.02. The topological polar surface area (TPSA) is 24.7 Å². The Balaban J connectivity index is 2.86. The summed E-state index contributed by atoms with van der Waals surface area (Å²) in [5, 5.41) is 0. The predicted octanol–water partition coefficient (Wildman–Crippen LogP) is 2.53. The third kappa shape index (κ3) is 2.41. The van der Waals surface area contributed by atoms with Crippen LogP contribution >= 0.6 is 22.6 Å². The second-order valence-corrected chi connectivity index (χ2v) is 3.52. The first kappa shape index (κ1) is 9.38. The number of rotatable bonds is 1. The Morgan fingerprint density at radius 3 is 2.83 bits per heavy atom. The minimum atomic E-state index is 0.876. The molecule has 0 saturated carbocycles. The molecule has 0 aliphatic heterocycles. The highest BCUT2D eigenvalue weighted by atomic mass is 127. The molecule has 0 bridgehead atoms. The molecule has 0 aromatic rings. The molecule has 0 amide bonds. The summed E-state index contributed by atoms with van der Waals surface area (Å²) in [5.74, 6) is 0. The molecule has 1 rings (SSSR count). The van der Waals surface area contributed by atoms with E-state index >= 15 is 0 Å². The zero-order valence-corrected chi connectivity index (χ0v) is 8.95. The Morgan fingerprint density at radius 2 is 2.25 bits per heavy atom. The van der Waals surface area contributed by atoms with Crippen LogP contribution in [-0.4, -0.2) is 19.1 Å². The Kier molecular flexibility index (Phi) is 3.40. The zero-order chi connectivity index (χ0) is 8.97. The van der Waals surface area contributed by atoms with Crippen LogP contribution in [0.5, 0.6) is 0 Å². The summed E-state index contributed by atoms with van der Waals surface area (Å²) in [5.41, 5.74) is 1.81. The Morgan fingerprint density at radius 1 is 1.50 bits per heavy atom.